The third-order valence-corrected chi connectivity index (χ3v) is 9.12. The second-order valence-corrected chi connectivity index (χ2v) is 13.2. The molecule has 0 aliphatic heterocycles. The largest absolute Gasteiger partial charge is 0.437 e. The van der Waals surface area contributed by atoms with Gasteiger partial charge in [-0.3, -0.25) is 0 Å². The zero-order valence-electron chi connectivity index (χ0n) is 23.5. The maximum atomic E-state index is 12.7. The van der Waals surface area contributed by atoms with Crippen LogP contribution in [0.3, 0.4) is 0 Å². The molecule has 2 aromatic carbocycles. The van der Waals surface area contributed by atoms with Crippen molar-refractivity contribution in [1.82, 2.24) is 15.0 Å². The highest BCUT2D eigenvalue weighted by atomic mass is 32.2. The van der Waals surface area contributed by atoms with Crippen molar-refractivity contribution in [2.45, 2.75) is 63.9 Å². The highest BCUT2D eigenvalue weighted by Gasteiger charge is 2.30. The molecule has 1 aliphatic carbocycles. The number of fused-ring (bicyclic) bond motifs is 1. The van der Waals surface area contributed by atoms with E-state index in [1.165, 1.54) is 12.8 Å². The summed E-state index contributed by atoms with van der Waals surface area (Å²) in [6.07, 6.45) is 1.94. The summed E-state index contributed by atoms with van der Waals surface area (Å²) in [5, 5.41) is 4.69. The number of sulfone groups is 1. The number of ether oxygens (including phenoxy) is 1. The first-order valence-corrected chi connectivity index (χ1v) is 15.8. The van der Waals surface area contributed by atoms with Crippen LogP contribution in [0.1, 0.15) is 50.2 Å². The van der Waals surface area contributed by atoms with Crippen LogP contribution in [0.25, 0.3) is 22.0 Å². The predicted octanol–water partition coefficient (Wildman–Crippen LogP) is 7.65. The van der Waals surface area contributed by atoms with Crippen LogP contribution in [-0.4, -0.2) is 41.3 Å². The van der Waals surface area contributed by atoms with Gasteiger partial charge in [-0.15, -0.1) is 0 Å². The molecular formula is C31H33F3N4O3S. The van der Waals surface area contributed by atoms with E-state index in [2.05, 4.69) is 22.2 Å². The third kappa shape index (κ3) is 7.36. The SMILES string of the molecule is Cc1ccc2c(CS(=O)(=O)CCC(F)(F)F)cccc2c1Oc1ncccc1-c1ccnc(N[C@@H]2CCC[C@H](C)C2)n1. The van der Waals surface area contributed by atoms with E-state index in [9.17, 15) is 21.6 Å². The summed E-state index contributed by atoms with van der Waals surface area (Å²) in [6, 6.07) is 14.4. The molecule has 7 nitrogen and oxygen atoms in total. The summed E-state index contributed by atoms with van der Waals surface area (Å²) in [5.41, 5.74) is 2.48. The molecule has 5 rings (SSSR count). The number of anilines is 1. The van der Waals surface area contributed by atoms with E-state index in [4.69, 9.17) is 9.72 Å². The van der Waals surface area contributed by atoms with E-state index in [1.807, 2.05) is 13.0 Å². The fourth-order valence-corrected chi connectivity index (χ4v) is 6.85. The van der Waals surface area contributed by atoms with Crippen molar-refractivity contribution >= 4 is 26.6 Å². The topological polar surface area (TPSA) is 94.1 Å². The van der Waals surface area contributed by atoms with Gasteiger partial charge in [-0.25, -0.2) is 23.4 Å². The summed E-state index contributed by atoms with van der Waals surface area (Å²) >= 11 is 0. The molecule has 222 valence electrons. The van der Waals surface area contributed by atoms with E-state index in [0.29, 0.717) is 57.1 Å². The van der Waals surface area contributed by atoms with Crippen LogP contribution in [0.2, 0.25) is 0 Å². The Balaban J connectivity index is 1.44. The van der Waals surface area contributed by atoms with Crippen molar-refractivity contribution in [1.29, 1.82) is 0 Å². The summed E-state index contributed by atoms with van der Waals surface area (Å²) in [5.74, 6) is 0.516. The molecule has 0 unspecified atom stereocenters. The van der Waals surface area contributed by atoms with Gasteiger partial charge in [0.25, 0.3) is 0 Å². The smallest absolute Gasteiger partial charge is 0.390 e. The molecule has 0 amide bonds. The number of rotatable bonds is 9. The molecule has 0 saturated heterocycles. The summed E-state index contributed by atoms with van der Waals surface area (Å²) in [4.78, 5) is 13.6. The fraction of sp³-hybridized carbons (Fsp3) is 0.387. The number of nitrogens with zero attached hydrogens (tertiary/aromatic N) is 3. The van der Waals surface area contributed by atoms with Crippen molar-refractivity contribution in [2.75, 3.05) is 11.1 Å². The second kappa shape index (κ2) is 12.2. The predicted molar refractivity (Wildman–Crippen MR) is 157 cm³/mol. The van der Waals surface area contributed by atoms with Gasteiger partial charge < -0.3 is 10.1 Å². The van der Waals surface area contributed by atoms with Crippen LogP contribution in [0, 0.1) is 12.8 Å². The van der Waals surface area contributed by atoms with Crippen LogP contribution in [-0.2, 0) is 15.6 Å². The number of pyridine rings is 1. The van der Waals surface area contributed by atoms with Crippen LogP contribution >= 0.6 is 0 Å². The molecule has 2 atom stereocenters. The number of aryl methyl sites for hydroxylation is 1. The highest BCUT2D eigenvalue weighted by molar-refractivity contribution is 7.90. The molecule has 1 fully saturated rings. The zero-order valence-corrected chi connectivity index (χ0v) is 24.3. The molecular weight excluding hydrogens is 565 g/mol. The quantitative estimate of drug-likeness (QED) is 0.211. The molecule has 11 heteroatoms. The molecule has 0 radical (unpaired) electrons. The van der Waals surface area contributed by atoms with Gasteiger partial charge in [0.1, 0.15) is 5.75 Å². The van der Waals surface area contributed by atoms with Crippen LogP contribution in [0.5, 0.6) is 11.6 Å². The van der Waals surface area contributed by atoms with Crippen molar-refractivity contribution in [3.8, 4) is 22.9 Å². The fourth-order valence-electron chi connectivity index (χ4n) is 5.44. The summed E-state index contributed by atoms with van der Waals surface area (Å²) < 4.78 is 69.5. The van der Waals surface area contributed by atoms with Crippen molar-refractivity contribution in [2.24, 2.45) is 5.92 Å². The van der Waals surface area contributed by atoms with Gasteiger partial charge in [0.05, 0.1) is 29.2 Å². The highest BCUT2D eigenvalue weighted by Crippen LogP contribution is 2.38. The van der Waals surface area contributed by atoms with Gasteiger partial charge in [-0.1, -0.05) is 50.1 Å². The minimum atomic E-state index is -4.54. The number of nitrogens with one attached hydrogen (secondary N) is 1. The zero-order chi connectivity index (χ0) is 29.9. The number of hydrogen-bond donors (Lipinski definition) is 1. The average molecular weight is 599 g/mol. The minimum absolute atomic E-state index is 0.312. The second-order valence-electron chi connectivity index (χ2n) is 11.0. The molecule has 1 saturated carbocycles. The molecule has 2 aromatic heterocycles. The van der Waals surface area contributed by atoms with E-state index < -0.39 is 33.9 Å². The number of halogens is 3. The lowest BCUT2D eigenvalue weighted by Gasteiger charge is -2.27. The van der Waals surface area contributed by atoms with Crippen LogP contribution in [0.15, 0.2) is 60.9 Å². The lowest BCUT2D eigenvalue weighted by molar-refractivity contribution is -0.129. The lowest BCUT2D eigenvalue weighted by atomic mass is 9.87. The van der Waals surface area contributed by atoms with E-state index in [0.717, 1.165) is 18.4 Å². The average Bonchev–Trinajstić information content (AvgIpc) is 2.94. The number of hydrogen-bond acceptors (Lipinski definition) is 7. The van der Waals surface area contributed by atoms with Gasteiger partial charge in [-0.2, -0.15) is 13.2 Å². The molecule has 4 aromatic rings. The van der Waals surface area contributed by atoms with Crippen molar-refractivity contribution in [3.63, 3.8) is 0 Å². The molecule has 1 aliphatic rings. The minimum Gasteiger partial charge on any atom is -0.437 e. The first-order valence-electron chi connectivity index (χ1n) is 14.0. The van der Waals surface area contributed by atoms with Gasteiger partial charge in [-0.05, 0) is 60.4 Å². The Labute approximate surface area is 243 Å². The van der Waals surface area contributed by atoms with Gasteiger partial charge in [0.2, 0.25) is 11.8 Å². The van der Waals surface area contributed by atoms with Crippen LogP contribution in [0.4, 0.5) is 19.1 Å². The monoisotopic (exact) mass is 598 g/mol. The van der Waals surface area contributed by atoms with E-state index in [1.54, 1.807) is 54.9 Å². The maximum Gasteiger partial charge on any atom is 0.390 e. The normalized spacial score (nSPS) is 17.7. The summed E-state index contributed by atoms with van der Waals surface area (Å²) in [6.45, 7) is 4.12. The Morgan fingerprint density at radius 2 is 1.83 bits per heavy atom. The first kappa shape index (κ1) is 29.8. The van der Waals surface area contributed by atoms with Crippen LogP contribution < -0.4 is 10.1 Å². The Kier molecular flexibility index (Phi) is 8.68. The third-order valence-electron chi connectivity index (χ3n) is 7.54. The Morgan fingerprint density at radius 1 is 1.00 bits per heavy atom. The Morgan fingerprint density at radius 3 is 2.62 bits per heavy atom. The molecule has 0 bridgehead atoms. The summed E-state index contributed by atoms with van der Waals surface area (Å²) in [7, 11) is -4.00. The number of alkyl halides is 3. The molecule has 2 heterocycles. The number of benzene rings is 2. The standard InChI is InChI=1S/C31H33F3N4O3S/c1-20-6-3-8-23(18-20)37-30-36-16-13-27(38-30)26-10-5-15-35-29(26)41-28-21(2)11-12-24-22(7-4-9-25(24)28)19-42(39,40)17-14-31(32,33)34/h4-5,7,9-13,15-16,20,23H,3,6,8,14,17-19H2,1-2H3,(H,36,37,38)/t20-,23+/m0/s1. The van der Waals surface area contributed by atoms with Gasteiger partial charge in [0, 0.05) is 23.8 Å². The molecule has 0 spiro atoms. The van der Waals surface area contributed by atoms with Crippen molar-refractivity contribution < 1.29 is 26.3 Å². The van der Waals surface area contributed by atoms with E-state index >= 15 is 0 Å². The molecule has 1 N–H and O–H groups in total. The maximum absolute atomic E-state index is 12.7. The van der Waals surface area contributed by atoms with Gasteiger partial charge in [0.15, 0.2) is 9.84 Å². The Hall–Kier alpha value is -3.73. The van der Waals surface area contributed by atoms with Gasteiger partial charge >= 0.3 is 6.18 Å². The Bertz CT molecular complexity index is 1680. The number of aromatic nitrogens is 3. The lowest BCUT2D eigenvalue weighted by Crippen LogP contribution is -2.27. The first-order chi connectivity index (χ1) is 20.0. The van der Waals surface area contributed by atoms with Crippen molar-refractivity contribution in [3.05, 3.63) is 72.1 Å². The molecule has 42 heavy (non-hydrogen) atoms. The van der Waals surface area contributed by atoms with E-state index in [-0.39, 0.29) is 0 Å².